The lowest BCUT2D eigenvalue weighted by Crippen LogP contribution is -2.14. The van der Waals surface area contributed by atoms with E-state index in [1.54, 1.807) is 19.1 Å². The topological polar surface area (TPSA) is 72.0 Å². The van der Waals surface area contributed by atoms with Gasteiger partial charge in [-0.25, -0.2) is 13.4 Å². The summed E-state index contributed by atoms with van der Waals surface area (Å²) in [5, 5.41) is 0.317. The van der Waals surface area contributed by atoms with Gasteiger partial charge in [-0.15, -0.1) is 0 Å². The number of nitrogens with one attached hydrogen (secondary N) is 1. The second-order valence-electron chi connectivity index (χ2n) is 3.56. The zero-order chi connectivity index (χ0) is 13.2. The molecule has 0 radical (unpaired) electrons. The van der Waals surface area contributed by atoms with Gasteiger partial charge in [-0.1, -0.05) is 11.6 Å². The van der Waals surface area contributed by atoms with Crippen LogP contribution in [-0.4, -0.2) is 18.4 Å². The molecule has 2 aromatic rings. The molecule has 2 rings (SSSR count). The summed E-state index contributed by atoms with van der Waals surface area (Å²) in [6.07, 6.45) is 2.79. The van der Waals surface area contributed by atoms with Crippen molar-refractivity contribution in [3.8, 4) is 0 Å². The Hall–Kier alpha value is -1.66. The van der Waals surface area contributed by atoms with Gasteiger partial charge in [-0.05, 0) is 31.2 Å². The van der Waals surface area contributed by atoms with E-state index >= 15 is 0 Å². The number of aromatic nitrogens is 2. The van der Waals surface area contributed by atoms with Crippen LogP contribution in [-0.2, 0) is 10.0 Å². The van der Waals surface area contributed by atoms with Crippen molar-refractivity contribution in [2.24, 2.45) is 0 Å². The lowest BCUT2D eigenvalue weighted by Gasteiger charge is -2.09. The zero-order valence-electron chi connectivity index (χ0n) is 9.46. The first kappa shape index (κ1) is 12.8. The quantitative estimate of drug-likeness (QED) is 0.877. The minimum atomic E-state index is -3.64. The van der Waals surface area contributed by atoms with Crippen molar-refractivity contribution in [1.82, 2.24) is 9.97 Å². The molecule has 0 fully saturated rings. The van der Waals surface area contributed by atoms with Gasteiger partial charge in [-0.2, -0.15) is 0 Å². The molecule has 0 aliphatic heterocycles. The Morgan fingerprint density at radius 2 is 2.06 bits per heavy atom. The van der Waals surface area contributed by atoms with Crippen molar-refractivity contribution in [3.63, 3.8) is 0 Å². The van der Waals surface area contributed by atoms with Gasteiger partial charge in [0.1, 0.15) is 10.0 Å². The van der Waals surface area contributed by atoms with Crippen molar-refractivity contribution >= 4 is 27.3 Å². The standard InChI is InChI=1S/C11H10ClN3O2S/c1-8-10(4-5-11(12)14-8)15-18(16,17)9-3-2-6-13-7-9/h2-7,15H,1H3. The highest BCUT2D eigenvalue weighted by atomic mass is 35.5. The van der Waals surface area contributed by atoms with E-state index < -0.39 is 10.0 Å². The maximum absolute atomic E-state index is 12.0. The zero-order valence-corrected chi connectivity index (χ0v) is 11.0. The smallest absolute Gasteiger partial charge is 0.263 e. The Bertz CT molecular complexity index is 659. The second-order valence-corrected chi connectivity index (χ2v) is 5.63. The predicted molar refractivity (Wildman–Crippen MR) is 69.0 cm³/mol. The van der Waals surface area contributed by atoms with E-state index in [2.05, 4.69) is 14.7 Å². The first-order valence-electron chi connectivity index (χ1n) is 5.05. The number of sulfonamides is 1. The van der Waals surface area contributed by atoms with E-state index in [0.29, 0.717) is 16.5 Å². The van der Waals surface area contributed by atoms with Crippen LogP contribution in [0.2, 0.25) is 5.15 Å². The van der Waals surface area contributed by atoms with Crippen molar-refractivity contribution < 1.29 is 8.42 Å². The maximum Gasteiger partial charge on any atom is 0.263 e. The van der Waals surface area contributed by atoms with Crippen LogP contribution in [0.4, 0.5) is 5.69 Å². The average molecular weight is 284 g/mol. The van der Waals surface area contributed by atoms with Crippen LogP contribution in [0.25, 0.3) is 0 Å². The molecule has 0 unspecified atom stereocenters. The first-order valence-corrected chi connectivity index (χ1v) is 6.91. The monoisotopic (exact) mass is 283 g/mol. The molecule has 2 aromatic heterocycles. The van der Waals surface area contributed by atoms with E-state index in [1.807, 2.05) is 0 Å². The molecule has 7 heteroatoms. The van der Waals surface area contributed by atoms with Gasteiger partial charge in [0.15, 0.2) is 0 Å². The fourth-order valence-corrected chi connectivity index (χ4v) is 2.62. The lowest BCUT2D eigenvalue weighted by atomic mass is 10.3. The summed E-state index contributed by atoms with van der Waals surface area (Å²) in [7, 11) is -3.64. The largest absolute Gasteiger partial charge is 0.278 e. The average Bonchev–Trinajstić information content (AvgIpc) is 2.34. The van der Waals surface area contributed by atoms with E-state index in [9.17, 15) is 8.42 Å². The lowest BCUT2D eigenvalue weighted by molar-refractivity contribution is 0.600. The number of pyridine rings is 2. The summed E-state index contributed by atoms with van der Waals surface area (Å²) in [4.78, 5) is 7.84. The number of hydrogen-bond acceptors (Lipinski definition) is 4. The normalized spacial score (nSPS) is 11.2. The molecule has 0 saturated carbocycles. The number of nitrogens with zero attached hydrogens (tertiary/aromatic N) is 2. The molecule has 0 bridgehead atoms. The van der Waals surface area contributed by atoms with Crippen molar-refractivity contribution in [1.29, 1.82) is 0 Å². The molecule has 2 heterocycles. The van der Waals surface area contributed by atoms with E-state index in [-0.39, 0.29) is 4.90 Å². The number of anilines is 1. The van der Waals surface area contributed by atoms with Gasteiger partial charge < -0.3 is 0 Å². The number of hydrogen-bond donors (Lipinski definition) is 1. The van der Waals surface area contributed by atoms with Crippen LogP contribution in [0.5, 0.6) is 0 Å². The maximum atomic E-state index is 12.0. The van der Waals surface area contributed by atoms with Gasteiger partial charge in [0.05, 0.1) is 11.4 Å². The Labute approximate surface area is 110 Å². The molecule has 94 valence electrons. The Morgan fingerprint density at radius 3 is 2.67 bits per heavy atom. The van der Waals surface area contributed by atoms with Crippen molar-refractivity contribution in [3.05, 3.63) is 47.5 Å². The van der Waals surface area contributed by atoms with E-state index in [1.165, 1.54) is 24.5 Å². The minimum absolute atomic E-state index is 0.0966. The molecule has 0 amide bonds. The summed E-state index contributed by atoms with van der Waals surface area (Å²) in [6.45, 7) is 1.67. The number of aryl methyl sites for hydroxylation is 1. The Balaban J connectivity index is 2.34. The van der Waals surface area contributed by atoms with Crippen LogP contribution in [0, 0.1) is 6.92 Å². The SMILES string of the molecule is Cc1nc(Cl)ccc1NS(=O)(=O)c1cccnc1. The van der Waals surface area contributed by atoms with Crippen LogP contribution < -0.4 is 4.72 Å². The predicted octanol–water partition coefficient (Wildman–Crippen LogP) is 2.24. The summed E-state index contributed by atoms with van der Waals surface area (Å²) in [5.41, 5.74) is 0.901. The fraction of sp³-hybridized carbons (Fsp3) is 0.0909. The Kier molecular flexibility index (Phi) is 3.49. The molecule has 18 heavy (non-hydrogen) atoms. The summed E-state index contributed by atoms with van der Waals surface area (Å²) in [5.74, 6) is 0. The van der Waals surface area contributed by atoms with E-state index in [0.717, 1.165) is 0 Å². The molecule has 5 nitrogen and oxygen atoms in total. The minimum Gasteiger partial charge on any atom is -0.278 e. The van der Waals surface area contributed by atoms with Gasteiger partial charge in [0.25, 0.3) is 10.0 Å². The van der Waals surface area contributed by atoms with E-state index in [4.69, 9.17) is 11.6 Å². The van der Waals surface area contributed by atoms with Gasteiger partial charge in [0.2, 0.25) is 0 Å². The highest BCUT2D eigenvalue weighted by Crippen LogP contribution is 2.19. The molecule has 0 atom stereocenters. The highest BCUT2D eigenvalue weighted by Gasteiger charge is 2.15. The highest BCUT2D eigenvalue weighted by molar-refractivity contribution is 7.92. The van der Waals surface area contributed by atoms with Crippen LogP contribution in [0.1, 0.15) is 5.69 Å². The molecule has 0 aliphatic carbocycles. The van der Waals surface area contributed by atoms with Gasteiger partial charge in [-0.3, -0.25) is 9.71 Å². The van der Waals surface area contributed by atoms with Gasteiger partial charge >= 0.3 is 0 Å². The van der Waals surface area contributed by atoms with Crippen LogP contribution >= 0.6 is 11.6 Å². The van der Waals surface area contributed by atoms with Crippen molar-refractivity contribution in [2.75, 3.05) is 4.72 Å². The van der Waals surface area contributed by atoms with Gasteiger partial charge in [0, 0.05) is 12.4 Å². The molecule has 0 aromatic carbocycles. The third-order valence-electron chi connectivity index (χ3n) is 2.24. The number of rotatable bonds is 3. The molecule has 0 spiro atoms. The van der Waals surface area contributed by atoms with Crippen LogP contribution in [0.3, 0.4) is 0 Å². The molecule has 0 saturated heterocycles. The molecule has 1 N–H and O–H groups in total. The summed E-state index contributed by atoms with van der Waals surface area (Å²) >= 11 is 5.71. The van der Waals surface area contributed by atoms with Crippen LogP contribution in [0.15, 0.2) is 41.6 Å². The molecular weight excluding hydrogens is 274 g/mol. The number of halogens is 1. The Morgan fingerprint density at radius 1 is 1.28 bits per heavy atom. The second kappa shape index (κ2) is 4.91. The third-order valence-corrected chi connectivity index (χ3v) is 3.80. The third kappa shape index (κ3) is 2.77. The summed E-state index contributed by atoms with van der Waals surface area (Å²) in [6, 6.07) is 6.11. The van der Waals surface area contributed by atoms with Crippen molar-refractivity contribution in [2.45, 2.75) is 11.8 Å². The first-order chi connectivity index (χ1) is 8.49. The molecule has 0 aliphatic rings. The fourth-order valence-electron chi connectivity index (χ4n) is 1.35. The summed E-state index contributed by atoms with van der Waals surface area (Å²) < 4.78 is 26.5. The molecular formula is C11H10ClN3O2S.